The van der Waals surface area contributed by atoms with Gasteiger partial charge in [-0.1, -0.05) is 19.1 Å². The van der Waals surface area contributed by atoms with Gasteiger partial charge in [0.1, 0.15) is 6.10 Å². The highest BCUT2D eigenvalue weighted by Gasteiger charge is 2.55. The minimum absolute atomic E-state index is 0.0294. The van der Waals surface area contributed by atoms with Crippen molar-refractivity contribution in [1.82, 2.24) is 4.90 Å². The van der Waals surface area contributed by atoms with Crippen molar-refractivity contribution >= 4 is 5.97 Å². The van der Waals surface area contributed by atoms with Crippen LogP contribution in [-0.4, -0.2) is 48.8 Å². The summed E-state index contributed by atoms with van der Waals surface area (Å²) in [6, 6.07) is 0. The molecular formula is C21H33NO3. The maximum atomic E-state index is 12.7. The van der Waals surface area contributed by atoms with E-state index in [-0.39, 0.29) is 35.6 Å². The quantitative estimate of drug-likeness (QED) is 0.567. The number of hydrogen-bond donors (Lipinski definition) is 0. The molecule has 4 heteroatoms. The Morgan fingerprint density at radius 3 is 2.72 bits per heavy atom. The number of morpholine rings is 1. The van der Waals surface area contributed by atoms with E-state index >= 15 is 0 Å². The number of fused-ring (bicyclic) bond motifs is 2. The van der Waals surface area contributed by atoms with Crippen molar-refractivity contribution in [3.63, 3.8) is 0 Å². The monoisotopic (exact) mass is 347 g/mol. The first-order valence-electron chi connectivity index (χ1n) is 10.1. The van der Waals surface area contributed by atoms with Gasteiger partial charge in [-0.05, 0) is 57.3 Å². The lowest BCUT2D eigenvalue weighted by Gasteiger charge is -2.50. The number of esters is 1. The molecule has 140 valence electrons. The molecule has 2 saturated carbocycles. The first-order chi connectivity index (χ1) is 11.9. The van der Waals surface area contributed by atoms with Crippen LogP contribution in [0.4, 0.5) is 0 Å². The number of ether oxygens (including phenoxy) is 2. The molecule has 0 unspecified atom stereocenters. The van der Waals surface area contributed by atoms with Crippen LogP contribution < -0.4 is 0 Å². The van der Waals surface area contributed by atoms with Crippen molar-refractivity contribution in [1.29, 1.82) is 0 Å². The molecule has 0 aromatic carbocycles. The highest BCUT2D eigenvalue weighted by Crippen LogP contribution is 2.56. The molecule has 2 aliphatic heterocycles. The van der Waals surface area contributed by atoms with E-state index in [0.29, 0.717) is 11.8 Å². The van der Waals surface area contributed by atoms with Gasteiger partial charge in [-0.25, -0.2) is 0 Å². The minimum atomic E-state index is 0.0294. The third-order valence-corrected chi connectivity index (χ3v) is 7.27. The highest BCUT2D eigenvalue weighted by molar-refractivity contribution is 5.75. The molecule has 4 fully saturated rings. The zero-order chi connectivity index (χ0) is 17.8. The number of allylic oxidation sites excluding steroid dienone is 1. The standard InChI is InChI=1S/C21H33NO3/c1-13-6-5-7-21(4)9-19-16(8-18(13)21)17(20(23)25-19)12-22-10-14(2)24-15(3)11-22/h14-19H,1,5-12H2,2-4H3/t14-,15-,16+,17+,18-,19+,21+/m0/s1. The molecule has 0 spiro atoms. The van der Waals surface area contributed by atoms with Crippen LogP contribution in [0.15, 0.2) is 12.2 Å². The molecule has 4 nitrogen and oxygen atoms in total. The first-order valence-corrected chi connectivity index (χ1v) is 10.1. The van der Waals surface area contributed by atoms with Crippen molar-refractivity contribution in [2.45, 2.75) is 71.2 Å². The Hall–Kier alpha value is -0.870. The number of hydrogen-bond acceptors (Lipinski definition) is 4. The second kappa shape index (κ2) is 6.38. The Morgan fingerprint density at radius 2 is 2.00 bits per heavy atom. The summed E-state index contributed by atoms with van der Waals surface area (Å²) in [5.41, 5.74) is 1.70. The van der Waals surface area contributed by atoms with E-state index in [1.54, 1.807) is 0 Å². The zero-order valence-corrected chi connectivity index (χ0v) is 16.0. The summed E-state index contributed by atoms with van der Waals surface area (Å²) in [7, 11) is 0. The maximum absolute atomic E-state index is 12.7. The normalized spacial score (nSPS) is 48.0. The van der Waals surface area contributed by atoms with E-state index in [1.807, 2.05) is 0 Å². The Kier molecular flexibility index (Phi) is 4.48. The third-order valence-electron chi connectivity index (χ3n) is 7.27. The molecule has 0 bridgehead atoms. The number of nitrogens with zero attached hydrogens (tertiary/aromatic N) is 1. The van der Waals surface area contributed by atoms with Crippen molar-refractivity contribution in [2.24, 2.45) is 23.2 Å². The van der Waals surface area contributed by atoms with Crippen molar-refractivity contribution in [3.8, 4) is 0 Å². The van der Waals surface area contributed by atoms with Gasteiger partial charge in [0, 0.05) is 25.6 Å². The third kappa shape index (κ3) is 3.16. The second-order valence-electron chi connectivity index (χ2n) is 9.38. The van der Waals surface area contributed by atoms with Crippen LogP contribution in [0, 0.1) is 23.2 Å². The van der Waals surface area contributed by atoms with Crippen LogP contribution >= 0.6 is 0 Å². The van der Waals surface area contributed by atoms with E-state index in [9.17, 15) is 4.79 Å². The van der Waals surface area contributed by atoms with Gasteiger partial charge in [0.25, 0.3) is 0 Å². The molecule has 0 N–H and O–H groups in total. The largest absolute Gasteiger partial charge is 0.462 e. The van der Waals surface area contributed by atoms with Crippen LogP contribution in [0.25, 0.3) is 0 Å². The van der Waals surface area contributed by atoms with Crippen LogP contribution in [-0.2, 0) is 14.3 Å². The lowest BCUT2D eigenvalue weighted by Crippen LogP contribution is -2.49. The molecule has 2 saturated heterocycles. The van der Waals surface area contributed by atoms with Crippen molar-refractivity contribution in [3.05, 3.63) is 12.2 Å². The van der Waals surface area contributed by atoms with Crippen molar-refractivity contribution < 1.29 is 14.3 Å². The van der Waals surface area contributed by atoms with Gasteiger partial charge in [0.15, 0.2) is 0 Å². The fraction of sp³-hybridized carbons (Fsp3) is 0.857. The summed E-state index contributed by atoms with van der Waals surface area (Å²) in [4.78, 5) is 15.1. The molecule has 2 aliphatic carbocycles. The Morgan fingerprint density at radius 1 is 1.28 bits per heavy atom. The Bertz CT molecular complexity index is 551. The summed E-state index contributed by atoms with van der Waals surface area (Å²) < 4.78 is 11.7. The average molecular weight is 347 g/mol. The molecule has 7 atom stereocenters. The van der Waals surface area contributed by atoms with Gasteiger partial charge < -0.3 is 9.47 Å². The molecule has 0 aromatic heterocycles. The summed E-state index contributed by atoms with van der Waals surface area (Å²) >= 11 is 0. The number of carbonyl (C=O) groups is 1. The van der Waals surface area contributed by atoms with Gasteiger partial charge in [-0.3, -0.25) is 9.69 Å². The summed E-state index contributed by atoms with van der Waals surface area (Å²) in [6.45, 7) is 13.7. The predicted molar refractivity (Wildman–Crippen MR) is 97.1 cm³/mol. The zero-order valence-electron chi connectivity index (χ0n) is 16.0. The van der Waals surface area contributed by atoms with Crippen LogP contribution in [0.3, 0.4) is 0 Å². The molecule has 2 heterocycles. The van der Waals surface area contributed by atoms with E-state index in [0.717, 1.165) is 38.9 Å². The molecule has 0 aromatic rings. The van der Waals surface area contributed by atoms with Crippen LogP contribution in [0.1, 0.15) is 52.9 Å². The molecular weight excluding hydrogens is 314 g/mol. The Balaban J connectivity index is 1.49. The highest BCUT2D eigenvalue weighted by atomic mass is 16.6. The lowest BCUT2D eigenvalue weighted by atomic mass is 9.55. The molecule has 4 rings (SSSR count). The first kappa shape index (κ1) is 17.5. The van der Waals surface area contributed by atoms with Crippen LogP contribution in [0.2, 0.25) is 0 Å². The van der Waals surface area contributed by atoms with Gasteiger partial charge in [0.2, 0.25) is 0 Å². The maximum Gasteiger partial charge on any atom is 0.310 e. The predicted octanol–water partition coefficient (Wildman–Crippen LogP) is 3.41. The Labute approximate surface area is 151 Å². The average Bonchev–Trinajstić information content (AvgIpc) is 2.79. The summed E-state index contributed by atoms with van der Waals surface area (Å²) in [5, 5.41) is 0. The summed E-state index contributed by atoms with van der Waals surface area (Å²) in [6.07, 6.45) is 6.38. The minimum Gasteiger partial charge on any atom is -0.462 e. The summed E-state index contributed by atoms with van der Waals surface area (Å²) in [5.74, 6) is 1.01. The van der Waals surface area contributed by atoms with Crippen molar-refractivity contribution in [2.75, 3.05) is 19.6 Å². The fourth-order valence-electron chi connectivity index (χ4n) is 6.18. The molecule has 0 radical (unpaired) electrons. The molecule has 4 aliphatic rings. The molecule has 25 heavy (non-hydrogen) atoms. The van der Waals surface area contributed by atoms with Gasteiger partial charge in [-0.15, -0.1) is 0 Å². The van der Waals surface area contributed by atoms with E-state index < -0.39 is 0 Å². The van der Waals surface area contributed by atoms with Gasteiger partial charge in [-0.2, -0.15) is 0 Å². The van der Waals surface area contributed by atoms with E-state index in [1.165, 1.54) is 18.4 Å². The second-order valence-corrected chi connectivity index (χ2v) is 9.38. The molecule has 0 amide bonds. The van der Waals surface area contributed by atoms with Gasteiger partial charge >= 0.3 is 5.97 Å². The van der Waals surface area contributed by atoms with Gasteiger partial charge in [0.05, 0.1) is 18.1 Å². The van der Waals surface area contributed by atoms with E-state index in [2.05, 4.69) is 32.3 Å². The number of carbonyl (C=O) groups excluding carboxylic acids is 1. The smallest absolute Gasteiger partial charge is 0.310 e. The lowest BCUT2D eigenvalue weighted by molar-refractivity contribution is -0.147. The SMILES string of the molecule is C=C1CCC[C@]2(C)C[C@H]3OC(=O)[C@H](CN4C[C@H](C)O[C@@H](C)C4)[C@H]3C[C@@H]12. The topological polar surface area (TPSA) is 38.8 Å². The van der Waals surface area contributed by atoms with Crippen LogP contribution in [0.5, 0.6) is 0 Å². The fourth-order valence-corrected chi connectivity index (χ4v) is 6.18. The van der Waals surface area contributed by atoms with E-state index in [4.69, 9.17) is 9.47 Å². The number of rotatable bonds is 2.